The molecule has 0 fully saturated rings. The van der Waals surface area contributed by atoms with Crippen LogP contribution in [0.5, 0.6) is 0 Å². The van der Waals surface area contributed by atoms with E-state index in [2.05, 4.69) is 29.1 Å². The van der Waals surface area contributed by atoms with Crippen LogP contribution in [0.3, 0.4) is 0 Å². The summed E-state index contributed by atoms with van der Waals surface area (Å²) in [6.07, 6.45) is 7.71. The van der Waals surface area contributed by atoms with Gasteiger partial charge >= 0.3 is 5.97 Å². The summed E-state index contributed by atoms with van der Waals surface area (Å²) in [5.41, 5.74) is 4.81. The molecule has 2 aromatic heterocycles. The third kappa shape index (κ3) is 3.17. The van der Waals surface area contributed by atoms with Crippen LogP contribution in [0.25, 0.3) is 16.6 Å². The molecular formula is C24H21N3O2S. The first-order valence-corrected chi connectivity index (χ1v) is 10.7. The van der Waals surface area contributed by atoms with Crippen molar-refractivity contribution in [1.29, 1.82) is 0 Å². The fraction of sp³-hybridized carbons (Fsp3) is 0.208. The van der Waals surface area contributed by atoms with Gasteiger partial charge in [-0.25, -0.2) is 9.78 Å². The van der Waals surface area contributed by atoms with Crippen molar-refractivity contribution in [2.75, 3.05) is 0 Å². The molecule has 2 unspecified atom stereocenters. The number of hydrogen-bond donors (Lipinski definition) is 0. The molecule has 5 rings (SSSR count). The smallest absolute Gasteiger partial charge is 0.345 e. The maximum Gasteiger partial charge on any atom is 0.345 e. The summed E-state index contributed by atoms with van der Waals surface area (Å²) in [5, 5.41) is 5.48. The third-order valence-electron chi connectivity index (χ3n) is 5.49. The molecule has 2 atom stereocenters. The van der Waals surface area contributed by atoms with Crippen molar-refractivity contribution < 1.29 is 9.53 Å². The number of thioether (sulfide) groups is 1. The minimum atomic E-state index is -0.304. The van der Waals surface area contributed by atoms with Gasteiger partial charge in [0.25, 0.3) is 0 Å². The monoisotopic (exact) mass is 415 g/mol. The molecule has 3 heterocycles. The lowest BCUT2D eigenvalue weighted by Crippen LogP contribution is -2.33. The van der Waals surface area contributed by atoms with Crippen LogP contribution in [-0.2, 0) is 16.6 Å². The number of aromatic nitrogens is 3. The molecule has 1 aromatic carbocycles. The van der Waals surface area contributed by atoms with Gasteiger partial charge in [-0.05, 0) is 49.3 Å². The fourth-order valence-electron chi connectivity index (χ4n) is 4.08. The molecule has 0 saturated heterocycles. The van der Waals surface area contributed by atoms with Gasteiger partial charge in [0, 0.05) is 29.4 Å². The summed E-state index contributed by atoms with van der Waals surface area (Å²) < 4.78 is 7.59. The van der Waals surface area contributed by atoms with Gasteiger partial charge in [-0.15, -0.1) is 0 Å². The van der Waals surface area contributed by atoms with Crippen molar-refractivity contribution in [3.05, 3.63) is 82.6 Å². The number of benzene rings is 1. The minimum absolute atomic E-state index is 0.0462. The van der Waals surface area contributed by atoms with Crippen LogP contribution in [0.4, 0.5) is 0 Å². The number of nitrogens with zero attached hydrogens (tertiary/aromatic N) is 3. The fourth-order valence-corrected chi connectivity index (χ4v) is 5.10. The quantitative estimate of drug-likeness (QED) is 0.573. The maximum atomic E-state index is 13.1. The molecular weight excluding hydrogens is 394 g/mol. The van der Waals surface area contributed by atoms with Gasteiger partial charge in [0.1, 0.15) is 11.0 Å². The molecule has 150 valence electrons. The van der Waals surface area contributed by atoms with E-state index in [1.54, 1.807) is 4.68 Å². The van der Waals surface area contributed by atoms with Gasteiger partial charge in [-0.2, -0.15) is 5.10 Å². The Hall–Kier alpha value is -3.12. The van der Waals surface area contributed by atoms with E-state index in [-0.39, 0.29) is 18.0 Å². The molecule has 0 amide bonds. The van der Waals surface area contributed by atoms with E-state index in [1.165, 1.54) is 11.8 Å². The third-order valence-corrected chi connectivity index (χ3v) is 6.59. The molecule has 3 aromatic rings. The van der Waals surface area contributed by atoms with Crippen molar-refractivity contribution in [3.8, 4) is 0 Å². The van der Waals surface area contributed by atoms with E-state index in [0.717, 1.165) is 38.3 Å². The molecule has 5 nitrogen and oxygen atoms in total. The Morgan fingerprint density at radius 3 is 2.77 bits per heavy atom. The zero-order valence-electron chi connectivity index (χ0n) is 17.0. The highest BCUT2D eigenvalue weighted by Crippen LogP contribution is 2.45. The number of hydrogen-bond acceptors (Lipinski definition) is 5. The molecule has 30 heavy (non-hydrogen) atoms. The topological polar surface area (TPSA) is 57.0 Å². The van der Waals surface area contributed by atoms with Gasteiger partial charge < -0.3 is 4.74 Å². The second kappa shape index (κ2) is 7.29. The van der Waals surface area contributed by atoms with Gasteiger partial charge in [0.15, 0.2) is 5.65 Å². The lowest BCUT2D eigenvalue weighted by molar-refractivity contribution is -0.143. The highest BCUT2D eigenvalue weighted by Gasteiger charge is 2.38. The largest absolute Gasteiger partial charge is 0.453 e. The first kappa shape index (κ1) is 18.9. The number of fused-ring (bicyclic) bond motifs is 2. The SMILES string of the molecule is CC1=CC2C(c3cnc4c(c3)c(C)nn4C)=C(Sc3ccccc3)C(=O)OC2C=C1. The molecule has 0 saturated carbocycles. The van der Waals surface area contributed by atoms with E-state index in [0.29, 0.717) is 4.91 Å². The maximum absolute atomic E-state index is 13.1. The van der Waals surface area contributed by atoms with Crippen molar-refractivity contribution in [1.82, 2.24) is 14.8 Å². The second-order valence-electron chi connectivity index (χ2n) is 7.63. The number of aryl methyl sites for hydroxylation is 2. The van der Waals surface area contributed by atoms with E-state index in [9.17, 15) is 4.79 Å². The van der Waals surface area contributed by atoms with Crippen LogP contribution in [-0.4, -0.2) is 26.8 Å². The lowest BCUT2D eigenvalue weighted by Gasteiger charge is -2.33. The normalized spacial score (nSPS) is 20.9. The first-order valence-electron chi connectivity index (χ1n) is 9.85. The van der Waals surface area contributed by atoms with Crippen LogP contribution >= 0.6 is 11.8 Å². The lowest BCUT2D eigenvalue weighted by atomic mass is 9.82. The first-order chi connectivity index (χ1) is 14.5. The molecule has 0 N–H and O–H groups in total. The molecule has 0 bridgehead atoms. The van der Waals surface area contributed by atoms with Crippen molar-refractivity contribution in [2.45, 2.75) is 24.8 Å². The molecule has 1 aliphatic carbocycles. The van der Waals surface area contributed by atoms with Crippen LogP contribution in [0, 0.1) is 12.8 Å². The number of esters is 1. The standard InChI is InChI=1S/C24H21N3O2S/c1-14-9-10-20-19(11-14)21(16-12-18-15(2)26-27(3)23(18)25-13-16)22(24(28)29-20)30-17-7-5-4-6-8-17/h4-13,19-20H,1-3H3. The number of rotatable bonds is 3. The number of carbonyl (C=O) groups is 1. The summed E-state index contributed by atoms with van der Waals surface area (Å²) in [4.78, 5) is 19.3. The number of allylic oxidation sites excluding steroid dienone is 2. The summed E-state index contributed by atoms with van der Waals surface area (Å²) >= 11 is 1.45. The Balaban J connectivity index is 1.73. The average Bonchev–Trinajstić information content (AvgIpc) is 3.03. The zero-order valence-corrected chi connectivity index (χ0v) is 17.8. The predicted octanol–water partition coefficient (Wildman–Crippen LogP) is 4.84. The van der Waals surface area contributed by atoms with E-state index >= 15 is 0 Å². The van der Waals surface area contributed by atoms with Crippen molar-refractivity contribution in [3.63, 3.8) is 0 Å². The number of ether oxygens (including phenoxy) is 1. The average molecular weight is 416 g/mol. The molecule has 0 spiro atoms. The van der Waals surface area contributed by atoms with Gasteiger partial charge in [0.2, 0.25) is 0 Å². The van der Waals surface area contributed by atoms with Crippen LogP contribution in [0.1, 0.15) is 18.2 Å². The minimum Gasteiger partial charge on any atom is -0.453 e. The molecule has 2 aliphatic rings. The van der Waals surface area contributed by atoms with Crippen LogP contribution in [0.15, 0.2) is 76.2 Å². The van der Waals surface area contributed by atoms with Gasteiger partial charge in [-0.3, -0.25) is 4.68 Å². The Kier molecular flexibility index (Phi) is 4.59. The molecule has 6 heteroatoms. The highest BCUT2D eigenvalue weighted by molar-refractivity contribution is 8.04. The van der Waals surface area contributed by atoms with E-state index < -0.39 is 0 Å². The summed E-state index contributed by atoms with van der Waals surface area (Å²) in [7, 11) is 1.89. The van der Waals surface area contributed by atoms with E-state index in [1.807, 2.05) is 62.7 Å². The Morgan fingerprint density at radius 1 is 1.17 bits per heavy atom. The Bertz CT molecular complexity index is 1250. The Morgan fingerprint density at radius 2 is 1.97 bits per heavy atom. The second-order valence-corrected chi connectivity index (χ2v) is 8.71. The van der Waals surface area contributed by atoms with Gasteiger partial charge in [-0.1, -0.05) is 47.7 Å². The van der Waals surface area contributed by atoms with E-state index in [4.69, 9.17) is 4.74 Å². The van der Waals surface area contributed by atoms with Crippen molar-refractivity contribution in [2.24, 2.45) is 13.0 Å². The Labute approximate surface area is 179 Å². The zero-order chi connectivity index (χ0) is 20.8. The highest BCUT2D eigenvalue weighted by atomic mass is 32.2. The summed E-state index contributed by atoms with van der Waals surface area (Å²) in [6, 6.07) is 12.0. The van der Waals surface area contributed by atoms with Crippen molar-refractivity contribution >= 4 is 34.3 Å². The number of carbonyl (C=O) groups excluding carboxylic acids is 1. The predicted molar refractivity (Wildman–Crippen MR) is 119 cm³/mol. The molecule has 1 aliphatic heterocycles. The molecule has 0 radical (unpaired) electrons. The summed E-state index contributed by atoms with van der Waals surface area (Å²) in [6.45, 7) is 4.05. The summed E-state index contributed by atoms with van der Waals surface area (Å²) in [5.74, 6) is -0.337. The van der Waals surface area contributed by atoms with Crippen LogP contribution < -0.4 is 0 Å². The number of pyridine rings is 1. The van der Waals surface area contributed by atoms with Gasteiger partial charge in [0.05, 0.1) is 5.69 Å². The van der Waals surface area contributed by atoms with Crippen LogP contribution in [0.2, 0.25) is 0 Å².